The predicted octanol–water partition coefficient (Wildman–Crippen LogP) is 3.15. The quantitative estimate of drug-likeness (QED) is 0.783. The molecule has 1 aliphatic rings. The van der Waals surface area contributed by atoms with E-state index in [1.54, 1.807) is 48.5 Å². The van der Waals surface area contributed by atoms with E-state index in [0.717, 1.165) is 12.8 Å². The number of carboxylic acid groups (broad SMARTS) is 1. The molecule has 27 heavy (non-hydrogen) atoms. The third kappa shape index (κ3) is 5.15. The van der Waals surface area contributed by atoms with Gasteiger partial charge < -0.3 is 19.9 Å². The summed E-state index contributed by atoms with van der Waals surface area (Å²) in [4.78, 5) is 24.6. The second-order valence-corrected chi connectivity index (χ2v) is 6.42. The Bertz CT molecular complexity index is 744. The fourth-order valence-corrected chi connectivity index (χ4v) is 3.07. The number of benzene rings is 2. The van der Waals surface area contributed by atoms with Gasteiger partial charge in [-0.15, -0.1) is 0 Å². The van der Waals surface area contributed by atoms with E-state index < -0.39 is 24.4 Å². The van der Waals surface area contributed by atoms with Crippen LogP contribution in [0, 0.1) is 0 Å². The van der Waals surface area contributed by atoms with Crippen molar-refractivity contribution in [1.82, 2.24) is 5.32 Å². The standard InChI is InChI=1S/C21H23NO5/c23-20(16-11-5-2-6-12-16)22-18(15-9-3-1-4-10-15)19(21(24)25)27-17-13-7-8-14-26-17/h1-6,9-12,17-19H,7-8,13-14H2,(H,22,23)(H,24,25)/t17?,18-,19+/m0/s1. The van der Waals surface area contributed by atoms with Crippen LogP contribution in [0.1, 0.15) is 41.2 Å². The molecule has 1 saturated heterocycles. The highest BCUT2D eigenvalue weighted by molar-refractivity contribution is 5.94. The second-order valence-electron chi connectivity index (χ2n) is 6.42. The van der Waals surface area contributed by atoms with E-state index in [2.05, 4.69) is 5.32 Å². The maximum atomic E-state index is 12.7. The summed E-state index contributed by atoms with van der Waals surface area (Å²) < 4.78 is 11.3. The van der Waals surface area contributed by atoms with Gasteiger partial charge in [-0.25, -0.2) is 4.79 Å². The van der Waals surface area contributed by atoms with Gasteiger partial charge >= 0.3 is 5.97 Å². The average molecular weight is 369 g/mol. The van der Waals surface area contributed by atoms with E-state index >= 15 is 0 Å². The lowest BCUT2D eigenvalue weighted by Gasteiger charge is -2.31. The number of nitrogens with one attached hydrogen (secondary N) is 1. The molecule has 2 aromatic carbocycles. The molecule has 1 fully saturated rings. The van der Waals surface area contributed by atoms with E-state index in [1.165, 1.54) is 0 Å². The Morgan fingerprint density at radius 3 is 2.30 bits per heavy atom. The molecule has 142 valence electrons. The molecule has 2 N–H and O–H groups in total. The van der Waals surface area contributed by atoms with Crippen molar-refractivity contribution in [2.45, 2.75) is 37.7 Å². The molecular formula is C21H23NO5. The van der Waals surface area contributed by atoms with Crippen molar-refractivity contribution in [3.8, 4) is 0 Å². The van der Waals surface area contributed by atoms with Crippen molar-refractivity contribution < 1.29 is 24.2 Å². The van der Waals surface area contributed by atoms with E-state index in [1.807, 2.05) is 12.1 Å². The Hall–Kier alpha value is -2.70. The normalized spacial score (nSPS) is 19.0. The Morgan fingerprint density at radius 2 is 1.70 bits per heavy atom. The molecule has 0 saturated carbocycles. The van der Waals surface area contributed by atoms with Crippen LogP contribution in [0.2, 0.25) is 0 Å². The number of carboxylic acids is 1. The van der Waals surface area contributed by atoms with Crippen molar-refractivity contribution in [3.63, 3.8) is 0 Å². The minimum Gasteiger partial charge on any atom is -0.479 e. The average Bonchev–Trinajstić information content (AvgIpc) is 2.72. The maximum absolute atomic E-state index is 12.7. The minimum atomic E-state index is -1.26. The van der Waals surface area contributed by atoms with Gasteiger partial charge in [0.25, 0.3) is 5.91 Å². The Labute approximate surface area is 158 Å². The number of hydrogen-bond acceptors (Lipinski definition) is 4. The molecule has 1 amide bonds. The van der Waals surface area contributed by atoms with Crippen LogP contribution in [-0.2, 0) is 14.3 Å². The van der Waals surface area contributed by atoms with Gasteiger partial charge in [0.05, 0.1) is 6.04 Å². The summed E-state index contributed by atoms with van der Waals surface area (Å²) >= 11 is 0. The van der Waals surface area contributed by atoms with Crippen LogP contribution in [-0.4, -0.2) is 36.0 Å². The molecule has 0 spiro atoms. The number of rotatable bonds is 7. The van der Waals surface area contributed by atoms with Gasteiger partial charge in [0.2, 0.25) is 0 Å². The minimum absolute atomic E-state index is 0.358. The number of hydrogen-bond donors (Lipinski definition) is 2. The fourth-order valence-electron chi connectivity index (χ4n) is 3.07. The van der Waals surface area contributed by atoms with Crippen LogP contribution in [0.3, 0.4) is 0 Å². The molecule has 3 atom stereocenters. The molecule has 1 unspecified atom stereocenters. The zero-order valence-corrected chi connectivity index (χ0v) is 14.9. The summed E-state index contributed by atoms with van der Waals surface area (Å²) in [5.41, 5.74) is 1.11. The zero-order chi connectivity index (χ0) is 19.1. The molecule has 6 heteroatoms. The third-order valence-corrected chi connectivity index (χ3v) is 4.46. The van der Waals surface area contributed by atoms with E-state index in [4.69, 9.17) is 9.47 Å². The van der Waals surface area contributed by atoms with Crippen molar-refractivity contribution in [2.24, 2.45) is 0 Å². The molecular weight excluding hydrogens is 346 g/mol. The first-order valence-electron chi connectivity index (χ1n) is 9.06. The Morgan fingerprint density at radius 1 is 1.04 bits per heavy atom. The van der Waals surface area contributed by atoms with Crippen LogP contribution < -0.4 is 5.32 Å². The molecule has 0 aromatic heterocycles. The summed E-state index contributed by atoms with van der Waals surface area (Å²) in [6.07, 6.45) is 0.647. The van der Waals surface area contributed by atoms with Gasteiger partial charge in [0.1, 0.15) is 0 Å². The van der Waals surface area contributed by atoms with Crippen LogP contribution >= 0.6 is 0 Å². The lowest BCUT2D eigenvalue weighted by molar-refractivity contribution is -0.205. The van der Waals surface area contributed by atoms with Gasteiger partial charge in [0, 0.05) is 12.2 Å². The van der Waals surface area contributed by atoms with Gasteiger partial charge in [-0.05, 0) is 37.0 Å². The first-order chi connectivity index (χ1) is 13.1. The van der Waals surface area contributed by atoms with Gasteiger partial charge in [-0.2, -0.15) is 0 Å². The van der Waals surface area contributed by atoms with Gasteiger partial charge in [0.15, 0.2) is 12.4 Å². The lowest BCUT2D eigenvalue weighted by Crippen LogP contribution is -2.44. The smallest absolute Gasteiger partial charge is 0.335 e. The maximum Gasteiger partial charge on any atom is 0.335 e. The van der Waals surface area contributed by atoms with Gasteiger partial charge in [-0.1, -0.05) is 48.5 Å². The summed E-state index contributed by atoms with van der Waals surface area (Å²) in [5, 5.41) is 12.6. The number of aliphatic carboxylic acids is 1. The first-order valence-corrected chi connectivity index (χ1v) is 9.06. The van der Waals surface area contributed by atoms with Gasteiger partial charge in [-0.3, -0.25) is 4.79 Å². The third-order valence-electron chi connectivity index (χ3n) is 4.46. The number of carbonyl (C=O) groups is 2. The monoisotopic (exact) mass is 369 g/mol. The summed E-state index contributed by atoms with van der Waals surface area (Å²) in [6.45, 7) is 0.545. The molecule has 6 nitrogen and oxygen atoms in total. The number of amides is 1. The molecule has 1 aliphatic heterocycles. The van der Waals surface area contributed by atoms with E-state index in [-0.39, 0.29) is 5.91 Å². The van der Waals surface area contributed by atoms with Crippen LogP contribution in [0.5, 0.6) is 0 Å². The van der Waals surface area contributed by atoms with E-state index in [9.17, 15) is 14.7 Å². The van der Waals surface area contributed by atoms with E-state index in [0.29, 0.717) is 24.2 Å². The van der Waals surface area contributed by atoms with Crippen molar-refractivity contribution in [3.05, 3.63) is 71.8 Å². The zero-order valence-electron chi connectivity index (χ0n) is 14.9. The highest BCUT2D eigenvalue weighted by atomic mass is 16.7. The topological polar surface area (TPSA) is 84.9 Å². The van der Waals surface area contributed by atoms with Crippen LogP contribution in [0.15, 0.2) is 60.7 Å². The highest BCUT2D eigenvalue weighted by Crippen LogP contribution is 2.24. The molecule has 2 aromatic rings. The van der Waals surface area contributed by atoms with Crippen LogP contribution in [0.25, 0.3) is 0 Å². The SMILES string of the molecule is O=C(N[C@@H](c1ccccc1)[C@@H](OC1CCCCO1)C(=O)O)c1ccccc1. The second kappa shape index (κ2) is 9.30. The number of ether oxygens (including phenoxy) is 2. The summed E-state index contributed by atoms with van der Waals surface area (Å²) in [6, 6.07) is 16.8. The van der Waals surface area contributed by atoms with Crippen molar-refractivity contribution in [2.75, 3.05) is 6.61 Å². The first kappa shape index (κ1) is 19.1. The summed E-state index contributed by atoms with van der Waals surface area (Å²) in [5.74, 6) is -1.50. The molecule has 0 radical (unpaired) electrons. The van der Waals surface area contributed by atoms with Crippen LogP contribution in [0.4, 0.5) is 0 Å². The lowest BCUT2D eigenvalue weighted by atomic mass is 10.00. The Balaban J connectivity index is 1.85. The number of carbonyl (C=O) groups excluding carboxylic acids is 1. The predicted molar refractivity (Wildman–Crippen MR) is 99.2 cm³/mol. The highest BCUT2D eigenvalue weighted by Gasteiger charge is 2.35. The fraction of sp³-hybridized carbons (Fsp3) is 0.333. The Kier molecular flexibility index (Phi) is 6.57. The van der Waals surface area contributed by atoms with Crippen molar-refractivity contribution >= 4 is 11.9 Å². The molecule has 3 rings (SSSR count). The van der Waals surface area contributed by atoms with Crippen molar-refractivity contribution in [1.29, 1.82) is 0 Å². The largest absolute Gasteiger partial charge is 0.479 e. The molecule has 0 bridgehead atoms. The summed E-state index contributed by atoms with van der Waals surface area (Å²) in [7, 11) is 0. The molecule has 1 heterocycles. The molecule has 0 aliphatic carbocycles.